The molecule has 0 spiro atoms. The Kier molecular flexibility index (Phi) is 5.47. The summed E-state index contributed by atoms with van der Waals surface area (Å²) in [6, 6.07) is 0. The van der Waals surface area contributed by atoms with E-state index in [1.54, 1.807) is 11.6 Å². The van der Waals surface area contributed by atoms with Crippen molar-refractivity contribution in [3.8, 4) is 0 Å². The van der Waals surface area contributed by atoms with Crippen LogP contribution in [0.25, 0.3) is 0 Å². The van der Waals surface area contributed by atoms with E-state index in [2.05, 4.69) is 10.4 Å². The standard InChI is InChI=1S/C25H30N4O5S/c1-2-34-24(31)20-17-5-3-4-6-19(17)35-23(20)26-22(30)21-18(29(32)33)13-28(27-21)25-10-14-7-15(11-25)9-16(8-14)12-25/h13-16H,2-12H2,1H3,(H,26,30). The summed E-state index contributed by atoms with van der Waals surface area (Å²) in [4.78, 5) is 38.6. The zero-order chi connectivity index (χ0) is 24.3. The molecule has 0 aromatic carbocycles. The summed E-state index contributed by atoms with van der Waals surface area (Å²) in [6.07, 6.45) is 11.7. The average Bonchev–Trinajstić information content (AvgIpc) is 3.41. The lowest BCUT2D eigenvalue weighted by molar-refractivity contribution is -0.385. The normalized spacial score (nSPS) is 28.5. The van der Waals surface area contributed by atoms with E-state index < -0.39 is 16.8 Å². The van der Waals surface area contributed by atoms with E-state index >= 15 is 0 Å². The number of nitrogens with zero attached hydrogens (tertiary/aromatic N) is 3. The molecule has 186 valence electrons. The molecule has 1 N–H and O–H groups in total. The monoisotopic (exact) mass is 498 g/mol. The van der Waals surface area contributed by atoms with Gasteiger partial charge >= 0.3 is 11.7 Å². The van der Waals surface area contributed by atoms with Crippen LogP contribution in [0.5, 0.6) is 0 Å². The van der Waals surface area contributed by atoms with Crippen molar-refractivity contribution >= 4 is 33.9 Å². The molecule has 7 rings (SSSR count). The summed E-state index contributed by atoms with van der Waals surface area (Å²) in [5.74, 6) is 0.823. The summed E-state index contributed by atoms with van der Waals surface area (Å²) >= 11 is 1.37. The third-order valence-electron chi connectivity index (χ3n) is 8.48. The van der Waals surface area contributed by atoms with Gasteiger partial charge in [-0.25, -0.2) is 4.79 Å². The van der Waals surface area contributed by atoms with Crippen molar-refractivity contribution in [1.82, 2.24) is 9.78 Å². The highest BCUT2D eigenvalue weighted by Gasteiger charge is 2.53. The van der Waals surface area contributed by atoms with E-state index in [1.807, 2.05) is 0 Å². The molecule has 0 atom stereocenters. The van der Waals surface area contributed by atoms with E-state index in [4.69, 9.17) is 4.74 Å². The lowest BCUT2D eigenvalue weighted by Gasteiger charge is -2.56. The Bertz CT molecular complexity index is 1180. The van der Waals surface area contributed by atoms with Gasteiger partial charge in [-0.05, 0) is 94.4 Å². The van der Waals surface area contributed by atoms with E-state index in [0.29, 0.717) is 28.3 Å². The Labute approximate surface area is 207 Å². The van der Waals surface area contributed by atoms with Gasteiger partial charge < -0.3 is 10.1 Å². The molecule has 4 bridgehead atoms. The first kappa shape index (κ1) is 22.7. The van der Waals surface area contributed by atoms with E-state index in [-0.39, 0.29) is 23.5 Å². The summed E-state index contributed by atoms with van der Waals surface area (Å²) in [5.41, 5.74) is 0.631. The largest absolute Gasteiger partial charge is 0.462 e. The molecule has 1 amide bonds. The maximum Gasteiger partial charge on any atom is 0.341 e. The Morgan fingerprint density at radius 2 is 1.86 bits per heavy atom. The quantitative estimate of drug-likeness (QED) is 0.337. The van der Waals surface area contributed by atoms with E-state index in [0.717, 1.165) is 55.4 Å². The zero-order valence-corrected chi connectivity index (χ0v) is 20.7. The molecular weight excluding hydrogens is 468 g/mol. The van der Waals surface area contributed by atoms with Gasteiger partial charge in [-0.3, -0.25) is 19.6 Å². The number of hydrogen-bond donors (Lipinski definition) is 1. The number of aryl methyl sites for hydroxylation is 1. The Morgan fingerprint density at radius 1 is 1.20 bits per heavy atom. The number of fused-ring (bicyclic) bond motifs is 1. The lowest BCUT2D eigenvalue weighted by Crippen LogP contribution is -2.52. The van der Waals surface area contributed by atoms with Crippen molar-refractivity contribution in [2.24, 2.45) is 17.8 Å². The van der Waals surface area contributed by atoms with Crippen LogP contribution in [0.2, 0.25) is 0 Å². The number of thiophene rings is 1. The average molecular weight is 499 g/mol. The van der Waals surface area contributed by atoms with Crippen molar-refractivity contribution in [1.29, 1.82) is 0 Å². The fourth-order valence-electron chi connectivity index (χ4n) is 7.48. The summed E-state index contributed by atoms with van der Waals surface area (Å²) < 4.78 is 7.02. The highest BCUT2D eigenvalue weighted by molar-refractivity contribution is 7.17. The first-order valence-corrected chi connectivity index (χ1v) is 13.6. The number of nitro groups is 1. The number of esters is 1. The molecule has 0 unspecified atom stereocenters. The number of anilines is 1. The maximum atomic E-state index is 13.4. The van der Waals surface area contributed by atoms with Crippen LogP contribution in [0, 0.1) is 27.9 Å². The summed E-state index contributed by atoms with van der Waals surface area (Å²) in [6.45, 7) is 1.98. The van der Waals surface area contributed by atoms with Crippen molar-refractivity contribution in [3.63, 3.8) is 0 Å². The van der Waals surface area contributed by atoms with Gasteiger partial charge in [0.2, 0.25) is 5.69 Å². The number of carbonyl (C=O) groups excluding carboxylic acids is 2. The van der Waals surface area contributed by atoms with E-state index in [1.165, 1.54) is 36.8 Å². The molecule has 0 radical (unpaired) electrons. The number of ether oxygens (including phenoxy) is 1. The third kappa shape index (κ3) is 3.77. The van der Waals surface area contributed by atoms with Crippen LogP contribution in [0.1, 0.15) is 89.6 Å². The molecule has 2 aromatic heterocycles. The second-order valence-electron chi connectivity index (χ2n) is 10.8. The van der Waals surface area contributed by atoms with Gasteiger partial charge in [-0.1, -0.05) is 0 Å². The summed E-state index contributed by atoms with van der Waals surface area (Å²) in [5, 5.41) is 19.7. The highest BCUT2D eigenvalue weighted by Crippen LogP contribution is 2.58. The fraction of sp³-hybridized carbons (Fsp3) is 0.640. The molecule has 2 aromatic rings. The second kappa shape index (κ2) is 8.43. The molecular formula is C25H30N4O5S. The number of carbonyl (C=O) groups is 2. The van der Waals surface area contributed by atoms with Gasteiger partial charge in [0.05, 0.1) is 22.6 Å². The fourth-order valence-corrected chi connectivity index (χ4v) is 8.76. The summed E-state index contributed by atoms with van der Waals surface area (Å²) in [7, 11) is 0. The minimum atomic E-state index is -0.649. The predicted octanol–water partition coefficient (Wildman–Crippen LogP) is 5.09. The van der Waals surface area contributed by atoms with Crippen molar-refractivity contribution in [2.45, 2.75) is 76.7 Å². The number of hydrogen-bond acceptors (Lipinski definition) is 7. The minimum absolute atomic E-state index is 0.188. The molecule has 5 aliphatic carbocycles. The number of aromatic nitrogens is 2. The first-order chi connectivity index (χ1) is 16.9. The van der Waals surface area contributed by atoms with Crippen LogP contribution in [0.3, 0.4) is 0 Å². The minimum Gasteiger partial charge on any atom is -0.462 e. The van der Waals surface area contributed by atoms with Crippen LogP contribution >= 0.6 is 11.3 Å². The van der Waals surface area contributed by atoms with E-state index in [9.17, 15) is 19.7 Å². The molecule has 2 heterocycles. The molecule has 9 nitrogen and oxygen atoms in total. The smallest absolute Gasteiger partial charge is 0.341 e. The predicted molar refractivity (Wildman–Crippen MR) is 130 cm³/mol. The first-order valence-electron chi connectivity index (χ1n) is 12.7. The number of nitrogens with one attached hydrogen (secondary N) is 1. The van der Waals surface area contributed by atoms with Crippen LogP contribution in [0.15, 0.2) is 6.20 Å². The maximum absolute atomic E-state index is 13.4. The van der Waals surface area contributed by atoms with Gasteiger partial charge in [0, 0.05) is 4.88 Å². The van der Waals surface area contributed by atoms with Gasteiger partial charge in [-0.2, -0.15) is 5.10 Å². The third-order valence-corrected chi connectivity index (χ3v) is 9.68. The van der Waals surface area contributed by atoms with Gasteiger partial charge in [0.25, 0.3) is 5.91 Å². The molecule has 35 heavy (non-hydrogen) atoms. The van der Waals surface area contributed by atoms with Crippen LogP contribution < -0.4 is 5.32 Å². The molecule has 4 saturated carbocycles. The van der Waals surface area contributed by atoms with Crippen LogP contribution in [0.4, 0.5) is 10.7 Å². The van der Waals surface area contributed by atoms with Gasteiger partial charge in [-0.15, -0.1) is 11.3 Å². The molecule has 4 fully saturated rings. The Morgan fingerprint density at radius 3 is 2.49 bits per heavy atom. The topological polar surface area (TPSA) is 116 Å². The van der Waals surface area contributed by atoms with Crippen molar-refractivity contribution in [3.05, 3.63) is 38.0 Å². The Balaban J connectivity index is 1.34. The van der Waals surface area contributed by atoms with Crippen LogP contribution in [-0.4, -0.2) is 33.2 Å². The van der Waals surface area contributed by atoms with Gasteiger partial charge in [0.1, 0.15) is 11.2 Å². The Hall–Kier alpha value is -2.75. The molecule has 0 saturated heterocycles. The van der Waals surface area contributed by atoms with Crippen molar-refractivity contribution < 1.29 is 19.2 Å². The van der Waals surface area contributed by atoms with Crippen molar-refractivity contribution in [2.75, 3.05) is 11.9 Å². The number of amides is 1. The molecule has 10 heteroatoms. The van der Waals surface area contributed by atoms with Gasteiger partial charge in [0.15, 0.2) is 0 Å². The lowest BCUT2D eigenvalue weighted by atomic mass is 9.53. The number of rotatable bonds is 6. The molecule has 5 aliphatic rings. The zero-order valence-electron chi connectivity index (χ0n) is 19.9. The highest BCUT2D eigenvalue weighted by atomic mass is 32.1. The second-order valence-corrected chi connectivity index (χ2v) is 11.9. The molecule has 0 aliphatic heterocycles. The van der Waals surface area contributed by atoms with Crippen LogP contribution in [-0.2, 0) is 23.1 Å². The SMILES string of the molecule is CCOC(=O)c1c(NC(=O)c2nn(C34CC5CC(CC(C5)C3)C4)cc2[N+](=O)[O-])sc2c1CCCC2.